The van der Waals surface area contributed by atoms with Crippen molar-refractivity contribution in [3.05, 3.63) is 23.0 Å². The van der Waals surface area contributed by atoms with Crippen LogP contribution in [0, 0.1) is 5.82 Å². The first-order chi connectivity index (χ1) is 8.99. The van der Waals surface area contributed by atoms with E-state index < -0.39 is 11.1 Å². The minimum atomic E-state index is -0.588. The van der Waals surface area contributed by atoms with Gasteiger partial charge in [-0.15, -0.1) is 11.8 Å². The van der Waals surface area contributed by atoms with Crippen LogP contribution in [0.2, 0.25) is 5.02 Å². The van der Waals surface area contributed by atoms with Crippen molar-refractivity contribution < 1.29 is 13.9 Å². The molecule has 0 aliphatic heterocycles. The predicted octanol–water partition coefficient (Wildman–Crippen LogP) is 4.26. The number of hydrogen-bond acceptors (Lipinski definition) is 5. The topological polar surface area (TPSA) is 38.7 Å². The molecule has 0 saturated carbocycles. The Balaban J connectivity index is 2.97. The number of aliphatic imine (C=N–C) groups is 1. The summed E-state index contributed by atoms with van der Waals surface area (Å²) in [7, 11) is 0. The third-order valence-electron chi connectivity index (χ3n) is 2.09. The van der Waals surface area contributed by atoms with Crippen molar-refractivity contribution in [2.24, 2.45) is 4.99 Å². The first-order valence-electron chi connectivity index (χ1n) is 5.39. The van der Waals surface area contributed by atoms with Crippen LogP contribution in [-0.2, 0) is 9.53 Å². The zero-order valence-corrected chi connectivity index (χ0v) is 12.7. The van der Waals surface area contributed by atoms with E-state index >= 15 is 0 Å². The monoisotopic (exact) mass is 319 g/mol. The lowest BCUT2D eigenvalue weighted by atomic mass is 10.3. The van der Waals surface area contributed by atoms with Gasteiger partial charge in [0.15, 0.2) is 5.82 Å². The Labute approximate surface area is 125 Å². The molecule has 0 spiro atoms. The standard InChI is InChI=1S/C12H11ClFNO2S2/c1-3-17-12(16)7(2)19-11-5-10(15-6-18)9(14)4-8(11)13/h4-5,7H,3H2,1-2H3. The summed E-state index contributed by atoms with van der Waals surface area (Å²) in [4.78, 5) is 15.7. The van der Waals surface area contributed by atoms with E-state index in [1.165, 1.54) is 17.8 Å². The van der Waals surface area contributed by atoms with Crippen LogP contribution in [0.4, 0.5) is 10.1 Å². The van der Waals surface area contributed by atoms with Gasteiger partial charge >= 0.3 is 5.97 Å². The number of halogens is 2. The molecule has 102 valence electrons. The number of thiocarbonyl (C=S) groups is 1. The summed E-state index contributed by atoms with van der Waals surface area (Å²) >= 11 is 11.5. The first kappa shape index (κ1) is 16.1. The molecule has 3 nitrogen and oxygen atoms in total. The summed E-state index contributed by atoms with van der Waals surface area (Å²) in [6.07, 6.45) is 0. The van der Waals surface area contributed by atoms with Crippen LogP contribution >= 0.6 is 35.6 Å². The molecule has 1 atom stereocenters. The van der Waals surface area contributed by atoms with Crippen molar-refractivity contribution >= 4 is 52.4 Å². The maximum Gasteiger partial charge on any atom is 0.319 e. The van der Waals surface area contributed by atoms with Crippen LogP contribution in [-0.4, -0.2) is 23.0 Å². The van der Waals surface area contributed by atoms with Crippen molar-refractivity contribution in [1.82, 2.24) is 0 Å². The molecule has 0 N–H and O–H groups in total. The second-order valence-corrected chi connectivity index (χ2v) is 5.42. The van der Waals surface area contributed by atoms with E-state index in [0.29, 0.717) is 11.5 Å². The van der Waals surface area contributed by atoms with E-state index in [0.717, 1.165) is 6.07 Å². The lowest BCUT2D eigenvalue weighted by Gasteiger charge is -2.11. The van der Waals surface area contributed by atoms with E-state index in [2.05, 4.69) is 22.4 Å². The van der Waals surface area contributed by atoms with E-state index in [9.17, 15) is 9.18 Å². The molecule has 0 bridgehead atoms. The largest absolute Gasteiger partial charge is 0.465 e. The van der Waals surface area contributed by atoms with Gasteiger partial charge in [-0.05, 0) is 38.2 Å². The fourth-order valence-corrected chi connectivity index (χ4v) is 2.52. The molecule has 7 heteroatoms. The SMILES string of the molecule is CCOC(=O)C(C)Sc1cc(N=C=S)c(F)cc1Cl. The number of carbonyl (C=O) groups is 1. The van der Waals surface area contributed by atoms with Crippen LogP contribution < -0.4 is 0 Å². The Morgan fingerprint density at radius 1 is 1.68 bits per heavy atom. The quantitative estimate of drug-likeness (QED) is 0.352. The molecule has 1 rings (SSSR count). The van der Waals surface area contributed by atoms with Crippen molar-refractivity contribution in [3.63, 3.8) is 0 Å². The molecular formula is C12H11ClFNO2S2. The van der Waals surface area contributed by atoms with E-state index in [1.54, 1.807) is 13.8 Å². The van der Waals surface area contributed by atoms with Crippen molar-refractivity contribution in [2.45, 2.75) is 24.0 Å². The maximum absolute atomic E-state index is 13.5. The second-order valence-electron chi connectivity index (χ2n) is 3.45. The molecule has 0 amide bonds. The highest BCUT2D eigenvalue weighted by atomic mass is 35.5. The molecule has 0 aliphatic carbocycles. The summed E-state index contributed by atoms with van der Waals surface area (Å²) in [5.74, 6) is -0.941. The van der Waals surface area contributed by atoms with Crippen LogP contribution in [0.15, 0.2) is 22.0 Å². The normalized spacial score (nSPS) is 11.6. The lowest BCUT2D eigenvalue weighted by Crippen LogP contribution is -2.16. The Morgan fingerprint density at radius 2 is 2.37 bits per heavy atom. The summed E-state index contributed by atoms with van der Waals surface area (Å²) < 4.78 is 18.4. The van der Waals surface area contributed by atoms with Gasteiger partial charge in [-0.2, -0.15) is 4.99 Å². The fraction of sp³-hybridized carbons (Fsp3) is 0.333. The van der Waals surface area contributed by atoms with Gasteiger partial charge in [-0.25, -0.2) is 4.39 Å². The molecule has 1 aromatic rings. The van der Waals surface area contributed by atoms with E-state index in [1.807, 2.05) is 0 Å². The highest BCUT2D eigenvalue weighted by molar-refractivity contribution is 8.00. The third kappa shape index (κ3) is 4.58. The number of nitrogens with zero attached hydrogens (tertiary/aromatic N) is 1. The average molecular weight is 320 g/mol. The first-order valence-corrected chi connectivity index (χ1v) is 7.06. The predicted molar refractivity (Wildman–Crippen MR) is 78.0 cm³/mol. The number of isothiocyanates is 1. The lowest BCUT2D eigenvalue weighted by molar-refractivity contribution is -0.142. The summed E-state index contributed by atoms with van der Waals surface area (Å²) in [5.41, 5.74) is 0.0398. The number of benzene rings is 1. The number of ether oxygens (including phenoxy) is 1. The molecular weight excluding hydrogens is 309 g/mol. The number of thioether (sulfide) groups is 1. The molecule has 0 aromatic heterocycles. The van der Waals surface area contributed by atoms with Gasteiger partial charge in [0.2, 0.25) is 0 Å². The summed E-state index contributed by atoms with van der Waals surface area (Å²) in [6, 6.07) is 2.56. The molecule has 19 heavy (non-hydrogen) atoms. The van der Waals surface area contributed by atoms with Gasteiger partial charge in [0.25, 0.3) is 0 Å². The summed E-state index contributed by atoms with van der Waals surface area (Å²) in [6.45, 7) is 3.72. The number of hydrogen-bond donors (Lipinski definition) is 0. The van der Waals surface area contributed by atoms with Crippen LogP contribution in [0.25, 0.3) is 0 Å². The Kier molecular flexibility index (Phi) is 6.45. The zero-order valence-electron chi connectivity index (χ0n) is 10.3. The van der Waals surface area contributed by atoms with E-state index in [4.69, 9.17) is 16.3 Å². The second kappa shape index (κ2) is 7.60. The minimum absolute atomic E-state index is 0.0398. The molecule has 0 heterocycles. The van der Waals surface area contributed by atoms with Gasteiger partial charge in [-0.3, -0.25) is 4.79 Å². The minimum Gasteiger partial charge on any atom is -0.465 e. The Hall–Kier alpha value is -0.940. The molecule has 1 aromatic carbocycles. The van der Waals surface area contributed by atoms with Crippen molar-refractivity contribution in [2.75, 3.05) is 6.61 Å². The smallest absolute Gasteiger partial charge is 0.319 e. The summed E-state index contributed by atoms with van der Waals surface area (Å²) in [5, 5.41) is 1.85. The molecule has 0 radical (unpaired) electrons. The van der Waals surface area contributed by atoms with Gasteiger partial charge in [0.05, 0.1) is 16.8 Å². The van der Waals surface area contributed by atoms with Crippen LogP contribution in [0.1, 0.15) is 13.8 Å². The maximum atomic E-state index is 13.5. The van der Waals surface area contributed by atoms with Gasteiger partial charge in [-0.1, -0.05) is 11.6 Å². The number of rotatable bonds is 5. The molecule has 1 unspecified atom stereocenters. The van der Waals surface area contributed by atoms with Gasteiger partial charge in [0.1, 0.15) is 10.9 Å². The number of carbonyl (C=O) groups excluding carboxylic acids is 1. The van der Waals surface area contributed by atoms with Crippen LogP contribution in [0.3, 0.4) is 0 Å². The highest BCUT2D eigenvalue weighted by Crippen LogP contribution is 2.35. The van der Waals surface area contributed by atoms with Gasteiger partial charge < -0.3 is 4.74 Å². The van der Waals surface area contributed by atoms with E-state index in [-0.39, 0.29) is 16.7 Å². The van der Waals surface area contributed by atoms with Crippen molar-refractivity contribution in [1.29, 1.82) is 0 Å². The van der Waals surface area contributed by atoms with Crippen LogP contribution in [0.5, 0.6) is 0 Å². The van der Waals surface area contributed by atoms with Gasteiger partial charge in [0, 0.05) is 4.90 Å². The molecule has 0 fully saturated rings. The zero-order chi connectivity index (χ0) is 14.4. The van der Waals surface area contributed by atoms with Crippen molar-refractivity contribution in [3.8, 4) is 0 Å². The average Bonchev–Trinajstić information content (AvgIpc) is 2.35. The highest BCUT2D eigenvalue weighted by Gasteiger charge is 2.18. The third-order valence-corrected chi connectivity index (χ3v) is 3.74. The number of esters is 1. The molecule has 0 aliphatic rings. The Morgan fingerprint density at radius 3 is 2.95 bits per heavy atom. The fourth-order valence-electron chi connectivity index (χ4n) is 1.24. The molecule has 0 saturated heterocycles. The Bertz CT molecular complexity index is 533.